The number of amides is 2. The zero-order valence-corrected chi connectivity index (χ0v) is 20.8. The molecule has 2 N–H and O–H groups in total. The first-order valence-electron chi connectivity index (χ1n) is 11.2. The molecule has 0 saturated carbocycles. The van der Waals surface area contributed by atoms with Crippen molar-refractivity contribution in [2.45, 2.75) is 26.9 Å². The normalized spacial score (nSPS) is 11.6. The van der Waals surface area contributed by atoms with Gasteiger partial charge in [0, 0.05) is 40.5 Å². The lowest BCUT2D eigenvalue weighted by molar-refractivity contribution is -0.114. The minimum absolute atomic E-state index is 0.119. The predicted octanol–water partition coefficient (Wildman–Crippen LogP) is 7.20. The van der Waals surface area contributed by atoms with Crippen molar-refractivity contribution < 1.29 is 22.8 Å². The number of allylic oxidation sites excluding steroid dienone is 3. The molecule has 0 aliphatic rings. The number of aromatic nitrogens is 1. The highest BCUT2D eigenvalue weighted by atomic mass is 19.4. The Labute approximate surface area is 214 Å². The number of halogens is 3. The molecule has 0 aliphatic heterocycles. The van der Waals surface area contributed by atoms with Crippen LogP contribution >= 0.6 is 0 Å². The summed E-state index contributed by atoms with van der Waals surface area (Å²) in [7, 11) is 0. The fourth-order valence-corrected chi connectivity index (χ4v) is 2.87. The molecule has 0 fully saturated rings. The van der Waals surface area contributed by atoms with Crippen molar-refractivity contribution >= 4 is 23.2 Å². The maximum Gasteiger partial charge on any atom is 0.413 e. The van der Waals surface area contributed by atoms with Gasteiger partial charge in [-0.2, -0.15) is 13.2 Å². The van der Waals surface area contributed by atoms with Crippen LogP contribution in [0.2, 0.25) is 0 Å². The largest absolute Gasteiger partial charge is 0.413 e. The van der Waals surface area contributed by atoms with Crippen LogP contribution in [0.5, 0.6) is 0 Å². The van der Waals surface area contributed by atoms with Gasteiger partial charge in [0.25, 0.3) is 11.8 Å². The predicted molar refractivity (Wildman–Crippen MR) is 141 cm³/mol. The van der Waals surface area contributed by atoms with Gasteiger partial charge >= 0.3 is 6.18 Å². The number of benzene rings is 2. The lowest BCUT2D eigenvalue weighted by atomic mass is 10.1. The molecule has 0 bridgehead atoms. The first-order chi connectivity index (χ1) is 17.5. The van der Waals surface area contributed by atoms with E-state index < -0.39 is 23.2 Å². The first kappa shape index (κ1) is 28.8. The van der Waals surface area contributed by atoms with Crippen LogP contribution in [0.15, 0.2) is 109 Å². The first-order valence-corrected chi connectivity index (χ1v) is 11.2. The quantitative estimate of drug-likeness (QED) is 0.274. The van der Waals surface area contributed by atoms with Crippen LogP contribution in [0, 0.1) is 13.8 Å². The highest BCUT2D eigenvalue weighted by Gasteiger charge is 2.33. The highest BCUT2D eigenvalue weighted by molar-refractivity contribution is 6.06. The van der Waals surface area contributed by atoms with Gasteiger partial charge in [-0.25, -0.2) is 0 Å². The third-order valence-electron chi connectivity index (χ3n) is 5.03. The molecule has 192 valence electrons. The van der Waals surface area contributed by atoms with E-state index in [0.717, 1.165) is 24.3 Å². The van der Waals surface area contributed by atoms with Crippen LogP contribution in [0.25, 0.3) is 0 Å². The molecule has 0 spiro atoms. The minimum atomic E-state index is -4.56. The SMILES string of the molecule is C=C/C=C\C(C(=O)Nc1ccc(C)cc1)=C(/C)C(F)(F)F.Cc1ccc(NC(=O)c2ccncc2)cc1. The number of pyridine rings is 1. The Hall–Kier alpha value is -4.46. The van der Waals surface area contributed by atoms with Crippen LogP contribution in [-0.4, -0.2) is 23.0 Å². The second-order valence-electron chi connectivity index (χ2n) is 8.01. The Morgan fingerprint density at radius 1 is 0.838 bits per heavy atom. The maximum atomic E-state index is 12.8. The summed E-state index contributed by atoms with van der Waals surface area (Å²) in [6.07, 6.45) is 2.33. The van der Waals surface area contributed by atoms with Gasteiger partial charge in [-0.3, -0.25) is 14.6 Å². The van der Waals surface area contributed by atoms with Gasteiger partial charge in [0.05, 0.1) is 0 Å². The lowest BCUT2D eigenvalue weighted by Crippen LogP contribution is -2.20. The molecular formula is C29H28F3N3O2. The standard InChI is InChI=1S/C16H16F3NO.C13H12N2O/c1-4-5-6-14(12(3)16(17,18)19)15(21)20-13-9-7-11(2)8-10-13;1-10-2-4-12(5-3-10)15-13(16)11-6-8-14-9-7-11/h4-10H,1H2,2-3H3,(H,20,21);2-9H,1H3,(H,15,16)/b6-5-,14-12-;. The number of alkyl halides is 3. The Morgan fingerprint density at radius 2 is 1.32 bits per heavy atom. The number of hydrogen-bond acceptors (Lipinski definition) is 3. The van der Waals surface area contributed by atoms with Gasteiger partial charge in [-0.15, -0.1) is 0 Å². The van der Waals surface area contributed by atoms with Gasteiger partial charge in [0.1, 0.15) is 0 Å². The van der Waals surface area contributed by atoms with Crippen LogP contribution in [0.3, 0.4) is 0 Å². The highest BCUT2D eigenvalue weighted by Crippen LogP contribution is 2.29. The summed E-state index contributed by atoms with van der Waals surface area (Å²) in [5.41, 5.74) is 2.60. The van der Waals surface area contributed by atoms with Gasteiger partial charge in [0.15, 0.2) is 0 Å². The number of nitrogens with one attached hydrogen (secondary N) is 2. The van der Waals surface area contributed by atoms with Gasteiger partial charge in [-0.05, 0) is 63.2 Å². The summed E-state index contributed by atoms with van der Waals surface area (Å²) in [5.74, 6) is -0.932. The average molecular weight is 508 g/mol. The van der Waals surface area contributed by atoms with Crippen LogP contribution in [0.1, 0.15) is 28.4 Å². The summed E-state index contributed by atoms with van der Waals surface area (Å²) in [5, 5.41) is 5.27. The van der Waals surface area contributed by atoms with Crippen molar-refractivity contribution in [2.24, 2.45) is 0 Å². The monoisotopic (exact) mass is 507 g/mol. The lowest BCUT2D eigenvalue weighted by Gasteiger charge is -2.12. The van der Waals surface area contributed by atoms with E-state index in [1.54, 1.807) is 48.8 Å². The van der Waals surface area contributed by atoms with Crippen molar-refractivity contribution in [3.8, 4) is 0 Å². The van der Waals surface area contributed by atoms with Gasteiger partial charge in [-0.1, -0.05) is 54.1 Å². The Bertz CT molecular complexity index is 1260. The van der Waals surface area contributed by atoms with Crippen molar-refractivity contribution in [3.05, 3.63) is 126 Å². The number of nitrogens with zero attached hydrogens (tertiary/aromatic N) is 1. The molecule has 1 aromatic heterocycles. The topological polar surface area (TPSA) is 71.1 Å². The molecule has 3 aromatic rings. The fraction of sp³-hybridized carbons (Fsp3) is 0.138. The summed E-state index contributed by atoms with van der Waals surface area (Å²) in [6.45, 7) is 8.14. The second-order valence-corrected chi connectivity index (χ2v) is 8.01. The van der Waals surface area contributed by atoms with E-state index in [4.69, 9.17) is 0 Å². The molecule has 37 heavy (non-hydrogen) atoms. The second kappa shape index (κ2) is 13.6. The number of carbonyl (C=O) groups excluding carboxylic acids is 2. The number of rotatable bonds is 6. The number of hydrogen-bond donors (Lipinski definition) is 2. The van der Waals surface area contributed by atoms with E-state index in [1.165, 1.54) is 17.7 Å². The van der Waals surface area contributed by atoms with Crippen LogP contribution < -0.4 is 10.6 Å². The van der Waals surface area contributed by atoms with Crippen molar-refractivity contribution in [2.75, 3.05) is 10.6 Å². The fourth-order valence-electron chi connectivity index (χ4n) is 2.87. The molecular weight excluding hydrogens is 479 g/mol. The third-order valence-corrected chi connectivity index (χ3v) is 5.03. The van der Waals surface area contributed by atoms with Crippen molar-refractivity contribution in [1.82, 2.24) is 4.98 Å². The summed E-state index contributed by atoms with van der Waals surface area (Å²) in [4.78, 5) is 27.7. The number of carbonyl (C=O) groups is 2. The molecule has 0 atom stereocenters. The van der Waals surface area contributed by atoms with E-state index in [1.807, 2.05) is 38.1 Å². The van der Waals surface area contributed by atoms with E-state index in [0.29, 0.717) is 11.3 Å². The van der Waals surface area contributed by atoms with Crippen LogP contribution in [-0.2, 0) is 4.79 Å². The third kappa shape index (κ3) is 9.60. The zero-order valence-electron chi connectivity index (χ0n) is 20.8. The molecule has 8 heteroatoms. The molecule has 1 heterocycles. The van der Waals surface area contributed by atoms with Crippen molar-refractivity contribution in [1.29, 1.82) is 0 Å². The van der Waals surface area contributed by atoms with E-state index in [-0.39, 0.29) is 5.91 Å². The molecule has 0 saturated heterocycles. The van der Waals surface area contributed by atoms with Crippen molar-refractivity contribution in [3.63, 3.8) is 0 Å². The average Bonchev–Trinajstić information content (AvgIpc) is 2.87. The zero-order chi connectivity index (χ0) is 27.4. The summed E-state index contributed by atoms with van der Waals surface area (Å²) < 4.78 is 38.3. The summed E-state index contributed by atoms with van der Waals surface area (Å²) in [6, 6.07) is 17.8. The van der Waals surface area contributed by atoms with E-state index in [2.05, 4.69) is 22.2 Å². The summed E-state index contributed by atoms with van der Waals surface area (Å²) >= 11 is 0. The van der Waals surface area contributed by atoms with Crippen LogP contribution in [0.4, 0.5) is 24.5 Å². The molecule has 5 nitrogen and oxygen atoms in total. The Kier molecular flexibility index (Phi) is 10.6. The molecule has 3 rings (SSSR count). The van der Waals surface area contributed by atoms with E-state index in [9.17, 15) is 22.8 Å². The number of anilines is 2. The van der Waals surface area contributed by atoms with Gasteiger partial charge in [0.2, 0.25) is 0 Å². The molecule has 2 amide bonds. The minimum Gasteiger partial charge on any atom is -0.322 e. The van der Waals surface area contributed by atoms with E-state index >= 15 is 0 Å². The molecule has 0 aliphatic carbocycles. The Morgan fingerprint density at radius 3 is 1.78 bits per heavy atom. The smallest absolute Gasteiger partial charge is 0.322 e. The Balaban J connectivity index is 0.000000269. The molecule has 0 radical (unpaired) electrons. The molecule has 2 aromatic carbocycles. The molecule has 0 unspecified atom stereocenters. The van der Waals surface area contributed by atoms with Gasteiger partial charge < -0.3 is 10.6 Å². The number of aryl methyl sites for hydroxylation is 2. The maximum absolute atomic E-state index is 12.8.